The molecule has 0 radical (unpaired) electrons. The van der Waals surface area contributed by atoms with Crippen molar-refractivity contribution in [3.05, 3.63) is 42.0 Å². The van der Waals surface area contributed by atoms with Crippen molar-refractivity contribution in [3.63, 3.8) is 0 Å². The Morgan fingerprint density at radius 1 is 1.41 bits per heavy atom. The van der Waals surface area contributed by atoms with E-state index in [1.807, 2.05) is 6.07 Å². The molecule has 2 nitrogen and oxygen atoms in total. The number of likely N-dealkylation sites (tertiary alicyclic amines) is 1. The summed E-state index contributed by atoms with van der Waals surface area (Å²) in [5.41, 5.74) is 8.85. The lowest BCUT2D eigenvalue weighted by Crippen LogP contribution is -2.30. The molecule has 0 spiro atoms. The molecule has 17 heavy (non-hydrogen) atoms. The number of piperidine rings is 1. The van der Waals surface area contributed by atoms with Gasteiger partial charge in [0, 0.05) is 5.70 Å². The minimum Gasteiger partial charge on any atom is -0.399 e. The summed E-state index contributed by atoms with van der Waals surface area (Å²) in [4.78, 5) is 2.41. The molecule has 1 aromatic carbocycles. The quantitative estimate of drug-likeness (QED) is 0.864. The maximum absolute atomic E-state index is 5.73. The maximum Gasteiger partial charge on any atom is 0.0314 e. The Balaban J connectivity index is 1.98. The Hall–Kier alpha value is -1.28. The van der Waals surface area contributed by atoms with Crippen LogP contribution in [0.3, 0.4) is 0 Å². The van der Waals surface area contributed by atoms with Crippen molar-refractivity contribution in [1.29, 1.82) is 0 Å². The van der Waals surface area contributed by atoms with Crippen molar-refractivity contribution in [2.45, 2.75) is 19.3 Å². The second kappa shape index (κ2) is 5.37. The van der Waals surface area contributed by atoms with Crippen LogP contribution in [0.1, 0.15) is 24.0 Å². The standard InChI is InChI=1S/C15H22N2/c1-12(16)15-5-3-4-14(11-15)10-13-6-8-17(2)9-7-13/h3-5,11,13H,1,6-10,16H2,2H3. The van der Waals surface area contributed by atoms with E-state index < -0.39 is 0 Å². The van der Waals surface area contributed by atoms with Gasteiger partial charge in [-0.3, -0.25) is 0 Å². The average molecular weight is 230 g/mol. The Kier molecular flexibility index (Phi) is 3.85. The predicted molar refractivity (Wildman–Crippen MR) is 73.6 cm³/mol. The summed E-state index contributed by atoms with van der Waals surface area (Å²) in [7, 11) is 2.20. The summed E-state index contributed by atoms with van der Waals surface area (Å²) in [5.74, 6) is 0.826. The summed E-state index contributed by atoms with van der Waals surface area (Å²) >= 11 is 0. The number of nitrogens with two attached hydrogens (primary N) is 1. The molecule has 1 fully saturated rings. The Morgan fingerprint density at radius 3 is 2.76 bits per heavy atom. The highest BCUT2D eigenvalue weighted by molar-refractivity contribution is 5.60. The summed E-state index contributed by atoms with van der Waals surface area (Å²) in [6.45, 7) is 6.25. The Labute approximate surface area is 104 Å². The van der Waals surface area contributed by atoms with Crippen LogP contribution in [0.2, 0.25) is 0 Å². The largest absolute Gasteiger partial charge is 0.399 e. The van der Waals surface area contributed by atoms with Crippen molar-refractivity contribution in [2.24, 2.45) is 11.7 Å². The fraction of sp³-hybridized carbons (Fsp3) is 0.467. The monoisotopic (exact) mass is 230 g/mol. The summed E-state index contributed by atoms with van der Waals surface area (Å²) in [5, 5.41) is 0. The van der Waals surface area contributed by atoms with Crippen molar-refractivity contribution in [3.8, 4) is 0 Å². The van der Waals surface area contributed by atoms with Gasteiger partial charge >= 0.3 is 0 Å². The number of hydrogen-bond acceptors (Lipinski definition) is 2. The smallest absolute Gasteiger partial charge is 0.0314 e. The minimum atomic E-state index is 0.662. The molecule has 2 N–H and O–H groups in total. The lowest BCUT2D eigenvalue weighted by atomic mass is 9.90. The molecule has 1 aromatic rings. The molecule has 0 aromatic heterocycles. The summed E-state index contributed by atoms with van der Waals surface area (Å²) in [6.07, 6.45) is 3.80. The van der Waals surface area contributed by atoms with Gasteiger partial charge in [0.1, 0.15) is 0 Å². The molecule has 0 unspecified atom stereocenters. The molecule has 1 saturated heterocycles. The van der Waals surface area contributed by atoms with Crippen molar-refractivity contribution >= 4 is 5.70 Å². The van der Waals surface area contributed by atoms with Gasteiger partial charge in [0.15, 0.2) is 0 Å². The van der Waals surface area contributed by atoms with Crippen LogP contribution >= 0.6 is 0 Å². The lowest BCUT2D eigenvalue weighted by Gasteiger charge is -2.29. The van der Waals surface area contributed by atoms with Gasteiger partial charge in [0.25, 0.3) is 0 Å². The van der Waals surface area contributed by atoms with E-state index in [2.05, 4.69) is 36.7 Å². The first-order chi connectivity index (χ1) is 8.15. The number of benzene rings is 1. The van der Waals surface area contributed by atoms with Crippen LogP contribution in [0.4, 0.5) is 0 Å². The number of hydrogen-bond donors (Lipinski definition) is 1. The third-order valence-corrected chi connectivity index (χ3v) is 3.66. The molecule has 0 bridgehead atoms. The van der Waals surface area contributed by atoms with Crippen LogP contribution in [0.25, 0.3) is 5.70 Å². The molecule has 1 aliphatic rings. The van der Waals surface area contributed by atoms with E-state index in [4.69, 9.17) is 5.73 Å². The zero-order valence-electron chi connectivity index (χ0n) is 10.7. The van der Waals surface area contributed by atoms with Crippen LogP contribution in [0, 0.1) is 5.92 Å². The molecule has 0 saturated carbocycles. The fourth-order valence-corrected chi connectivity index (χ4v) is 2.50. The van der Waals surface area contributed by atoms with Crippen LogP contribution < -0.4 is 5.73 Å². The van der Waals surface area contributed by atoms with E-state index in [1.165, 1.54) is 37.9 Å². The summed E-state index contributed by atoms with van der Waals surface area (Å²) in [6, 6.07) is 8.49. The van der Waals surface area contributed by atoms with Crippen LogP contribution in [-0.4, -0.2) is 25.0 Å². The van der Waals surface area contributed by atoms with Gasteiger partial charge in [-0.25, -0.2) is 0 Å². The zero-order valence-corrected chi connectivity index (χ0v) is 10.7. The van der Waals surface area contributed by atoms with Crippen molar-refractivity contribution in [2.75, 3.05) is 20.1 Å². The Morgan fingerprint density at radius 2 is 2.12 bits per heavy atom. The second-order valence-electron chi connectivity index (χ2n) is 5.18. The van der Waals surface area contributed by atoms with E-state index in [-0.39, 0.29) is 0 Å². The molecule has 2 heteroatoms. The number of rotatable bonds is 3. The van der Waals surface area contributed by atoms with E-state index >= 15 is 0 Å². The first kappa shape index (κ1) is 12.2. The molecule has 0 aliphatic carbocycles. The van der Waals surface area contributed by atoms with Gasteiger partial charge < -0.3 is 10.6 Å². The van der Waals surface area contributed by atoms with Crippen LogP contribution in [0.15, 0.2) is 30.8 Å². The first-order valence-electron chi connectivity index (χ1n) is 6.37. The number of nitrogens with zero attached hydrogens (tertiary/aromatic N) is 1. The fourth-order valence-electron chi connectivity index (χ4n) is 2.50. The third-order valence-electron chi connectivity index (χ3n) is 3.66. The van der Waals surface area contributed by atoms with Crippen molar-refractivity contribution in [1.82, 2.24) is 4.90 Å². The maximum atomic E-state index is 5.73. The Bertz CT molecular complexity index is 390. The van der Waals surface area contributed by atoms with E-state index in [1.54, 1.807) is 0 Å². The first-order valence-corrected chi connectivity index (χ1v) is 6.37. The van der Waals surface area contributed by atoms with Gasteiger partial charge in [0.05, 0.1) is 0 Å². The SMILES string of the molecule is C=C(N)c1cccc(CC2CCN(C)CC2)c1. The normalized spacial score (nSPS) is 18.2. The van der Waals surface area contributed by atoms with E-state index in [0.29, 0.717) is 5.70 Å². The molecule has 2 rings (SSSR count). The predicted octanol–water partition coefficient (Wildman–Crippen LogP) is 2.50. The molecule has 1 heterocycles. The minimum absolute atomic E-state index is 0.662. The highest BCUT2D eigenvalue weighted by Gasteiger charge is 2.16. The van der Waals surface area contributed by atoms with Crippen LogP contribution in [-0.2, 0) is 6.42 Å². The van der Waals surface area contributed by atoms with Gasteiger partial charge in [-0.05, 0) is 62.5 Å². The molecular weight excluding hydrogens is 208 g/mol. The topological polar surface area (TPSA) is 29.3 Å². The highest BCUT2D eigenvalue weighted by atomic mass is 15.1. The lowest BCUT2D eigenvalue weighted by molar-refractivity contribution is 0.219. The zero-order chi connectivity index (χ0) is 12.3. The second-order valence-corrected chi connectivity index (χ2v) is 5.18. The highest BCUT2D eigenvalue weighted by Crippen LogP contribution is 2.22. The molecule has 92 valence electrons. The third kappa shape index (κ3) is 3.34. The van der Waals surface area contributed by atoms with E-state index in [9.17, 15) is 0 Å². The molecule has 0 amide bonds. The van der Waals surface area contributed by atoms with Crippen molar-refractivity contribution < 1.29 is 0 Å². The average Bonchev–Trinajstić information content (AvgIpc) is 2.32. The van der Waals surface area contributed by atoms with Gasteiger partial charge in [-0.1, -0.05) is 24.8 Å². The van der Waals surface area contributed by atoms with Gasteiger partial charge in [0.2, 0.25) is 0 Å². The molecule has 0 atom stereocenters. The van der Waals surface area contributed by atoms with E-state index in [0.717, 1.165) is 11.5 Å². The van der Waals surface area contributed by atoms with Gasteiger partial charge in [-0.15, -0.1) is 0 Å². The molecule has 1 aliphatic heterocycles. The van der Waals surface area contributed by atoms with Crippen LogP contribution in [0.5, 0.6) is 0 Å². The van der Waals surface area contributed by atoms with Gasteiger partial charge in [-0.2, -0.15) is 0 Å². The summed E-state index contributed by atoms with van der Waals surface area (Å²) < 4.78 is 0. The molecular formula is C15H22N2.